The fourth-order valence-corrected chi connectivity index (χ4v) is 1.75. The molecule has 0 radical (unpaired) electrons. The van der Waals surface area contributed by atoms with Crippen LogP contribution < -0.4 is 11.1 Å². The molecule has 3 N–H and O–H groups in total. The van der Waals surface area contributed by atoms with Crippen molar-refractivity contribution in [3.8, 4) is 0 Å². The molecule has 0 fully saturated rings. The minimum Gasteiger partial charge on any atom is -0.325 e. The van der Waals surface area contributed by atoms with E-state index in [1.54, 1.807) is 6.08 Å². The molecule has 1 amide bonds. The van der Waals surface area contributed by atoms with Crippen molar-refractivity contribution in [1.29, 1.82) is 0 Å². The van der Waals surface area contributed by atoms with E-state index in [0.717, 1.165) is 11.3 Å². The standard InChI is InChI=1S/C11H12N2O/c1-2-8(12)10-7-5-3-4-6-9(7)13-11(10)14/h2-6,8,10H,1,12H2,(H,13,14). The van der Waals surface area contributed by atoms with Gasteiger partial charge < -0.3 is 11.1 Å². The summed E-state index contributed by atoms with van der Waals surface area (Å²) in [5.74, 6) is -0.331. The molecule has 0 saturated carbocycles. The molecule has 1 aliphatic rings. The van der Waals surface area contributed by atoms with E-state index in [1.807, 2.05) is 24.3 Å². The third-order valence-electron chi connectivity index (χ3n) is 2.49. The summed E-state index contributed by atoms with van der Waals surface area (Å²) >= 11 is 0. The summed E-state index contributed by atoms with van der Waals surface area (Å²) < 4.78 is 0. The number of hydrogen-bond acceptors (Lipinski definition) is 2. The third-order valence-corrected chi connectivity index (χ3v) is 2.49. The Morgan fingerprint density at radius 2 is 2.21 bits per heavy atom. The van der Waals surface area contributed by atoms with Crippen LogP contribution in [0.25, 0.3) is 0 Å². The van der Waals surface area contributed by atoms with E-state index in [4.69, 9.17) is 5.73 Å². The summed E-state index contributed by atoms with van der Waals surface area (Å²) in [4.78, 5) is 11.6. The number of nitrogens with one attached hydrogen (secondary N) is 1. The van der Waals surface area contributed by atoms with Gasteiger partial charge in [-0.1, -0.05) is 24.3 Å². The number of benzene rings is 1. The van der Waals surface area contributed by atoms with E-state index in [0.29, 0.717) is 0 Å². The first-order chi connectivity index (χ1) is 6.74. The Kier molecular flexibility index (Phi) is 2.09. The van der Waals surface area contributed by atoms with E-state index < -0.39 is 0 Å². The van der Waals surface area contributed by atoms with Gasteiger partial charge in [0.1, 0.15) is 0 Å². The van der Waals surface area contributed by atoms with Gasteiger partial charge in [-0.15, -0.1) is 6.58 Å². The highest BCUT2D eigenvalue weighted by atomic mass is 16.2. The number of fused-ring (bicyclic) bond motifs is 1. The maximum Gasteiger partial charge on any atom is 0.233 e. The van der Waals surface area contributed by atoms with Gasteiger partial charge in [-0.05, 0) is 11.6 Å². The van der Waals surface area contributed by atoms with Crippen LogP contribution in [0.3, 0.4) is 0 Å². The first-order valence-electron chi connectivity index (χ1n) is 4.52. The molecule has 0 spiro atoms. The molecule has 2 rings (SSSR count). The molecule has 2 unspecified atom stereocenters. The molecule has 0 aliphatic carbocycles. The van der Waals surface area contributed by atoms with E-state index in [9.17, 15) is 4.79 Å². The minimum absolute atomic E-state index is 0.0430. The van der Waals surface area contributed by atoms with Gasteiger partial charge in [0, 0.05) is 11.7 Å². The topological polar surface area (TPSA) is 55.1 Å². The second-order valence-corrected chi connectivity index (χ2v) is 3.37. The molecule has 3 heteroatoms. The molecule has 1 aromatic carbocycles. The van der Waals surface area contributed by atoms with Gasteiger partial charge in [-0.25, -0.2) is 0 Å². The van der Waals surface area contributed by atoms with Crippen LogP contribution in [-0.2, 0) is 4.79 Å². The van der Waals surface area contributed by atoms with E-state index in [2.05, 4.69) is 11.9 Å². The Morgan fingerprint density at radius 3 is 2.93 bits per heavy atom. The predicted molar refractivity (Wildman–Crippen MR) is 56.0 cm³/mol. The molecule has 0 bridgehead atoms. The van der Waals surface area contributed by atoms with Crippen molar-refractivity contribution in [1.82, 2.24) is 0 Å². The largest absolute Gasteiger partial charge is 0.325 e. The Balaban J connectivity index is 2.44. The lowest BCUT2D eigenvalue weighted by Gasteiger charge is -2.13. The maximum absolute atomic E-state index is 11.6. The van der Waals surface area contributed by atoms with Gasteiger partial charge in [0.25, 0.3) is 0 Å². The Bertz CT molecular complexity index is 387. The number of amides is 1. The van der Waals surface area contributed by atoms with Gasteiger partial charge in [-0.2, -0.15) is 0 Å². The zero-order valence-corrected chi connectivity index (χ0v) is 7.73. The number of carbonyl (C=O) groups excluding carboxylic acids is 1. The molecule has 1 aliphatic heterocycles. The smallest absolute Gasteiger partial charge is 0.233 e. The second kappa shape index (κ2) is 3.27. The van der Waals surface area contributed by atoms with E-state index in [1.165, 1.54) is 0 Å². The number of rotatable bonds is 2. The minimum atomic E-state index is -0.321. The SMILES string of the molecule is C=CC(N)C1C(=O)Nc2ccccc21. The zero-order valence-electron chi connectivity index (χ0n) is 7.73. The molecule has 1 aromatic rings. The highest BCUT2D eigenvalue weighted by Crippen LogP contribution is 2.33. The Morgan fingerprint density at radius 1 is 1.50 bits per heavy atom. The second-order valence-electron chi connectivity index (χ2n) is 3.37. The lowest BCUT2D eigenvalue weighted by Crippen LogP contribution is -2.30. The lowest BCUT2D eigenvalue weighted by atomic mass is 9.93. The molecule has 0 saturated heterocycles. The van der Waals surface area contributed by atoms with Crippen molar-refractivity contribution in [2.24, 2.45) is 5.73 Å². The molecule has 2 atom stereocenters. The van der Waals surface area contributed by atoms with Gasteiger partial charge in [-0.3, -0.25) is 4.79 Å². The van der Waals surface area contributed by atoms with Crippen LogP contribution in [0.15, 0.2) is 36.9 Å². The number of nitrogens with two attached hydrogens (primary N) is 1. The normalized spacial score (nSPS) is 21.2. The monoisotopic (exact) mass is 188 g/mol. The van der Waals surface area contributed by atoms with Crippen LogP contribution in [0.1, 0.15) is 11.5 Å². The Labute approximate surface area is 82.6 Å². The van der Waals surface area contributed by atoms with Crippen LogP contribution in [-0.4, -0.2) is 11.9 Å². The molecule has 0 aromatic heterocycles. The average molecular weight is 188 g/mol. The van der Waals surface area contributed by atoms with Crippen molar-refractivity contribution < 1.29 is 4.79 Å². The first kappa shape index (κ1) is 8.97. The summed E-state index contributed by atoms with van der Waals surface area (Å²) in [5, 5.41) is 2.80. The summed E-state index contributed by atoms with van der Waals surface area (Å²) in [5.41, 5.74) is 7.63. The molecule has 14 heavy (non-hydrogen) atoms. The molecule has 72 valence electrons. The van der Waals surface area contributed by atoms with Gasteiger partial charge in [0.05, 0.1) is 5.92 Å². The fraction of sp³-hybridized carbons (Fsp3) is 0.182. The molecule has 1 heterocycles. The van der Waals surface area contributed by atoms with Gasteiger partial charge in [0.15, 0.2) is 0 Å². The van der Waals surface area contributed by atoms with Crippen LogP contribution in [0.2, 0.25) is 0 Å². The third kappa shape index (κ3) is 1.22. The summed E-state index contributed by atoms with van der Waals surface area (Å²) in [6, 6.07) is 7.27. The first-order valence-corrected chi connectivity index (χ1v) is 4.52. The molecular weight excluding hydrogens is 176 g/mol. The maximum atomic E-state index is 11.6. The van der Waals surface area contributed by atoms with Gasteiger partial charge >= 0.3 is 0 Å². The summed E-state index contributed by atoms with van der Waals surface area (Å²) in [6.45, 7) is 3.61. The average Bonchev–Trinajstić information content (AvgIpc) is 2.53. The van der Waals surface area contributed by atoms with Crippen molar-refractivity contribution in [3.05, 3.63) is 42.5 Å². The number of anilines is 1. The number of hydrogen-bond donors (Lipinski definition) is 2. The molecule has 3 nitrogen and oxygen atoms in total. The van der Waals surface area contributed by atoms with E-state index in [-0.39, 0.29) is 17.9 Å². The highest BCUT2D eigenvalue weighted by Gasteiger charge is 2.33. The number of carbonyl (C=O) groups is 1. The summed E-state index contributed by atoms with van der Waals surface area (Å²) in [7, 11) is 0. The van der Waals surface area contributed by atoms with Crippen molar-refractivity contribution in [2.45, 2.75) is 12.0 Å². The lowest BCUT2D eigenvalue weighted by molar-refractivity contribution is -0.117. The van der Waals surface area contributed by atoms with Crippen molar-refractivity contribution in [3.63, 3.8) is 0 Å². The predicted octanol–water partition coefficient (Wildman–Crippen LogP) is 1.24. The Hall–Kier alpha value is -1.61. The zero-order chi connectivity index (χ0) is 10.1. The van der Waals surface area contributed by atoms with E-state index >= 15 is 0 Å². The molecular formula is C11H12N2O. The quantitative estimate of drug-likeness (QED) is 0.686. The van der Waals surface area contributed by atoms with Crippen molar-refractivity contribution in [2.75, 3.05) is 5.32 Å². The van der Waals surface area contributed by atoms with Gasteiger partial charge in [0.2, 0.25) is 5.91 Å². The van der Waals surface area contributed by atoms with Crippen LogP contribution in [0, 0.1) is 0 Å². The highest BCUT2D eigenvalue weighted by molar-refractivity contribution is 6.03. The van der Waals surface area contributed by atoms with Crippen molar-refractivity contribution >= 4 is 11.6 Å². The van der Waals surface area contributed by atoms with Crippen LogP contribution in [0.5, 0.6) is 0 Å². The van der Waals surface area contributed by atoms with Crippen LogP contribution in [0.4, 0.5) is 5.69 Å². The van der Waals surface area contributed by atoms with Crippen LogP contribution >= 0.6 is 0 Å². The number of para-hydroxylation sites is 1. The fourth-order valence-electron chi connectivity index (χ4n) is 1.75. The summed E-state index contributed by atoms with van der Waals surface area (Å²) in [6.07, 6.45) is 1.60.